The third kappa shape index (κ3) is 2.30. The van der Waals surface area contributed by atoms with E-state index >= 15 is 0 Å². The maximum Gasteiger partial charge on any atom is 0.255 e. The summed E-state index contributed by atoms with van der Waals surface area (Å²) in [5.41, 5.74) is 1.46. The Hall–Kier alpha value is -3.14. The van der Waals surface area contributed by atoms with E-state index in [0.717, 1.165) is 22.5 Å². The van der Waals surface area contributed by atoms with E-state index in [1.807, 2.05) is 71.6 Å². The monoisotopic (exact) mass is 371 g/mol. The van der Waals surface area contributed by atoms with Gasteiger partial charge in [-0.05, 0) is 35.6 Å². The molecule has 1 amide bonds. The molecule has 3 heterocycles. The van der Waals surface area contributed by atoms with E-state index in [0.29, 0.717) is 19.4 Å². The van der Waals surface area contributed by atoms with Gasteiger partial charge in [-0.25, -0.2) is 0 Å². The highest BCUT2D eigenvalue weighted by atomic mass is 16.3. The number of carbonyl (C=O) groups excluding carboxylic acids is 2. The van der Waals surface area contributed by atoms with Gasteiger partial charge in [0.05, 0.1) is 6.26 Å². The lowest BCUT2D eigenvalue weighted by Gasteiger charge is -2.31. The molecule has 4 heteroatoms. The molecule has 1 saturated heterocycles. The zero-order valence-corrected chi connectivity index (χ0v) is 15.7. The number of carbonyl (C=O) groups is 2. The molecule has 5 rings (SSSR count). The molecule has 2 aliphatic rings. The second-order valence-electron chi connectivity index (χ2n) is 8.23. The van der Waals surface area contributed by atoms with Crippen molar-refractivity contribution in [2.45, 2.75) is 25.3 Å². The van der Waals surface area contributed by atoms with E-state index in [2.05, 4.69) is 6.92 Å². The Kier molecular flexibility index (Phi) is 3.60. The summed E-state index contributed by atoms with van der Waals surface area (Å²) < 4.78 is 5.83. The highest BCUT2D eigenvalue weighted by molar-refractivity contribution is 6.01. The van der Waals surface area contributed by atoms with Crippen LogP contribution in [-0.2, 0) is 5.54 Å². The number of benzene rings is 2. The number of amides is 1. The zero-order valence-electron chi connectivity index (χ0n) is 15.7. The lowest BCUT2D eigenvalue weighted by Crippen LogP contribution is -2.39. The van der Waals surface area contributed by atoms with Crippen molar-refractivity contribution in [3.63, 3.8) is 0 Å². The van der Waals surface area contributed by atoms with Crippen molar-refractivity contribution in [3.8, 4) is 0 Å². The Morgan fingerprint density at radius 3 is 2.54 bits per heavy atom. The first kappa shape index (κ1) is 17.0. The van der Waals surface area contributed by atoms with Crippen LogP contribution in [0.1, 0.15) is 51.8 Å². The molecule has 0 unspecified atom stereocenters. The van der Waals surface area contributed by atoms with Crippen LogP contribution in [0, 0.1) is 5.41 Å². The van der Waals surface area contributed by atoms with Crippen LogP contribution in [0.3, 0.4) is 0 Å². The average Bonchev–Trinajstić information content (AvgIpc) is 3.39. The first-order valence-corrected chi connectivity index (χ1v) is 9.57. The molecule has 0 N–H and O–H groups in total. The molecule has 140 valence electrons. The predicted octanol–water partition coefficient (Wildman–Crippen LogP) is 4.66. The summed E-state index contributed by atoms with van der Waals surface area (Å²) in [6.07, 6.45) is 2.71. The van der Waals surface area contributed by atoms with Gasteiger partial charge < -0.3 is 9.32 Å². The summed E-state index contributed by atoms with van der Waals surface area (Å²) in [4.78, 5) is 28.0. The third-order valence-electron chi connectivity index (χ3n) is 6.14. The molecule has 4 nitrogen and oxygen atoms in total. The Balaban J connectivity index is 1.57. The molecule has 0 aliphatic carbocycles. The molecule has 3 aromatic rings. The normalized spacial score (nSPS) is 25.6. The van der Waals surface area contributed by atoms with Crippen molar-refractivity contribution in [2.75, 3.05) is 6.54 Å². The molecule has 0 radical (unpaired) electrons. The van der Waals surface area contributed by atoms with Crippen LogP contribution < -0.4 is 0 Å². The molecular weight excluding hydrogens is 350 g/mol. The van der Waals surface area contributed by atoms with Gasteiger partial charge in [0.25, 0.3) is 5.91 Å². The SMILES string of the molecule is C[C@]1(CC(=O)c2ccccc2)CN2C(=O)c3ccccc3[C@]2(c2ccco2)C1. The fourth-order valence-corrected chi connectivity index (χ4v) is 5.05. The molecule has 2 aliphatic heterocycles. The lowest BCUT2D eigenvalue weighted by atomic mass is 9.74. The van der Waals surface area contributed by atoms with Gasteiger partial charge in [-0.1, -0.05) is 55.5 Å². The van der Waals surface area contributed by atoms with Crippen LogP contribution in [0.5, 0.6) is 0 Å². The average molecular weight is 371 g/mol. The van der Waals surface area contributed by atoms with Crippen molar-refractivity contribution in [3.05, 3.63) is 95.4 Å². The summed E-state index contributed by atoms with van der Waals surface area (Å²) in [6, 6.07) is 20.9. The predicted molar refractivity (Wildman–Crippen MR) is 105 cm³/mol. The Labute approximate surface area is 163 Å². The fraction of sp³-hybridized carbons (Fsp3) is 0.250. The van der Waals surface area contributed by atoms with Crippen LogP contribution in [-0.4, -0.2) is 23.1 Å². The van der Waals surface area contributed by atoms with Gasteiger partial charge in [0.1, 0.15) is 11.3 Å². The topological polar surface area (TPSA) is 50.5 Å². The number of furan rings is 1. The van der Waals surface area contributed by atoms with E-state index in [1.165, 1.54) is 0 Å². The van der Waals surface area contributed by atoms with E-state index in [1.54, 1.807) is 6.26 Å². The van der Waals surface area contributed by atoms with Gasteiger partial charge in [0, 0.05) is 24.1 Å². The highest BCUT2D eigenvalue weighted by Crippen LogP contribution is 2.57. The molecule has 1 aromatic heterocycles. The van der Waals surface area contributed by atoms with E-state index in [9.17, 15) is 9.59 Å². The van der Waals surface area contributed by atoms with Crippen LogP contribution in [0.15, 0.2) is 77.4 Å². The minimum Gasteiger partial charge on any atom is -0.466 e. The van der Waals surface area contributed by atoms with Crippen molar-refractivity contribution < 1.29 is 14.0 Å². The molecule has 0 spiro atoms. The summed E-state index contributed by atoms with van der Waals surface area (Å²) in [6.45, 7) is 2.63. The highest BCUT2D eigenvalue weighted by Gasteiger charge is 2.61. The Bertz CT molecular complexity index is 1060. The maximum atomic E-state index is 13.2. The van der Waals surface area contributed by atoms with Crippen molar-refractivity contribution >= 4 is 11.7 Å². The van der Waals surface area contributed by atoms with E-state index in [4.69, 9.17) is 4.42 Å². The Morgan fingerprint density at radius 1 is 1.04 bits per heavy atom. The standard InChI is InChI=1S/C24H21NO3/c1-23(14-20(26)17-8-3-2-4-9-17)15-24(21-12-7-13-28-21)19-11-6-5-10-18(19)22(27)25(24)16-23/h2-13H,14-16H2,1H3/t23-,24+/m1/s1. The van der Waals surface area contributed by atoms with Crippen LogP contribution in [0.2, 0.25) is 0 Å². The van der Waals surface area contributed by atoms with Gasteiger partial charge in [-0.2, -0.15) is 0 Å². The fourth-order valence-electron chi connectivity index (χ4n) is 5.05. The molecule has 28 heavy (non-hydrogen) atoms. The van der Waals surface area contributed by atoms with Gasteiger partial charge in [-0.3, -0.25) is 9.59 Å². The quantitative estimate of drug-likeness (QED) is 0.627. The maximum absolute atomic E-state index is 13.2. The lowest BCUT2D eigenvalue weighted by molar-refractivity contribution is 0.0673. The van der Waals surface area contributed by atoms with E-state index < -0.39 is 5.54 Å². The summed E-state index contributed by atoms with van der Waals surface area (Å²) in [5, 5.41) is 0. The number of nitrogens with zero attached hydrogens (tertiary/aromatic N) is 1. The zero-order chi connectivity index (χ0) is 19.4. The smallest absolute Gasteiger partial charge is 0.255 e. The number of Topliss-reactive ketones (excluding diaryl/α,β-unsaturated/α-hetero) is 1. The van der Waals surface area contributed by atoms with Gasteiger partial charge in [-0.15, -0.1) is 0 Å². The van der Waals surface area contributed by atoms with Crippen LogP contribution >= 0.6 is 0 Å². The van der Waals surface area contributed by atoms with Gasteiger partial charge >= 0.3 is 0 Å². The van der Waals surface area contributed by atoms with Crippen LogP contribution in [0.25, 0.3) is 0 Å². The first-order chi connectivity index (χ1) is 13.5. The minimum absolute atomic E-state index is 0.0166. The minimum atomic E-state index is -0.636. The van der Waals surface area contributed by atoms with Crippen molar-refractivity contribution in [1.82, 2.24) is 4.90 Å². The molecular formula is C24H21NO3. The Morgan fingerprint density at radius 2 is 1.79 bits per heavy atom. The third-order valence-corrected chi connectivity index (χ3v) is 6.14. The summed E-state index contributed by atoms with van der Waals surface area (Å²) in [7, 11) is 0. The summed E-state index contributed by atoms with van der Waals surface area (Å²) >= 11 is 0. The number of hydrogen-bond donors (Lipinski definition) is 0. The largest absolute Gasteiger partial charge is 0.466 e. The molecule has 0 saturated carbocycles. The molecule has 0 bridgehead atoms. The van der Waals surface area contributed by atoms with Crippen molar-refractivity contribution in [1.29, 1.82) is 0 Å². The number of fused-ring (bicyclic) bond motifs is 3. The second-order valence-corrected chi connectivity index (χ2v) is 8.23. The van der Waals surface area contributed by atoms with Crippen molar-refractivity contribution in [2.24, 2.45) is 5.41 Å². The second kappa shape index (κ2) is 5.93. The molecule has 2 aromatic carbocycles. The molecule has 1 fully saturated rings. The summed E-state index contributed by atoms with van der Waals surface area (Å²) in [5.74, 6) is 0.893. The number of ketones is 1. The van der Waals surface area contributed by atoms with Crippen LogP contribution in [0.4, 0.5) is 0 Å². The first-order valence-electron chi connectivity index (χ1n) is 9.57. The number of hydrogen-bond acceptors (Lipinski definition) is 3. The van der Waals surface area contributed by atoms with E-state index in [-0.39, 0.29) is 17.1 Å². The van der Waals surface area contributed by atoms with Gasteiger partial charge in [0.2, 0.25) is 0 Å². The molecule has 2 atom stereocenters. The number of rotatable bonds is 4. The van der Waals surface area contributed by atoms with Gasteiger partial charge in [0.15, 0.2) is 5.78 Å².